The minimum Gasteiger partial charge on any atom is -0.396 e. The SMILES string of the molecule is C[C@H](CO)[C@@H](O)[C@H](O)[C@H](O)C(=O)OO. The Balaban J connectivity index is 4.30. The van der Waals surface area contributed by atoms with Crippen molar-refractivity contribution in [1.82, 2.24) is 0 Å². The van der Waals surface area contributed by atoms with Crippen LogP contribution in [0.25, 0.3) is 0 Å². The summed E-state index contributed by atoms with van der Waals surface area (Å²) in [6.45, 7) is 0.990. The van der Waals surface area contributed by atoms with Crippen molar-refractivity contribution in [2.75, 3.05) is 6.61 Å². The Morgan fingerprint density at radius 1 is 1.29 bits per heavy atom. The minimum atomic E-state index is -2.05. The van der Waals surface area contributed by atoms with E-state index in [0.29, 0.717) is 0 Å². The van der Waals surface area contributed by atoms with Gasteiger partial charge in [0.15, 0.2) is 6.10 Å². The molecule has 0 rings (SSSR count). The molecular formula is C7H14O7. The third-order valence-corrected chi connectivity index (χ3v) is 1.88. The number of aliphatic hydroxyl groups excluding tert-OH is 4. The molecule has 0 spiro atoms. The molecule has 0 saturated heterocycles. The van der Waals surface area contributed by atoms with Gasteiger partial charge in [-0.05, 0) is 0 Å². The second-order valence-corrected chi connectivity index (χ2v) is 3.00. The van der Waals surface area contributed by atoms with E-state index in [2.05, 4.69) is 4.89 Å². The lowest BCUT2D eigenvalue weighted by Gasteiger charge is -2.24. The van der Waals surface area contributed by atoms with Crippen molar-refractivity contribution in [1.29, 1.82) is 0 Å². The number of hydrogen-bond donors (Lipinski definition) is 5. The fourth-order valence-corrected chi connectivity index (χ4v) is 0.825. The van der Waals surface area contributed by atoms with E-state index in [9.17, 15) is 9.90 Å². The highest BCUT2D eigenvalue weighted by Crippen LogP contribution is 2.10. The molecule has 0 bridgehead atoms. The van der Waals surface area contributed by atoms with Crippen molar-refractivity contribution in [2.24, 2.45) is 5.92 Å². The van der Waals surface area contributed by atoms with Gasteiger partial charge in [0.2, 0.25) is 0 Å². The summed E-state index contributed by atoms with van der Waals surface area (Å²) in [6.07, 6.45) is -5.37. The van der Waals surface area contributed by atoms with Crippen LogP contribution in [-0.2, 0) is 9.68 Å². The first-order valence-corrected chi connectivity index (χ1v) is 3.96. The normalized spacial score (nSPS) is 19.6. The first-order chi connectivity index (χ1) is 6.45. The van der Waals surface area contributed by atoms with Crippen LogP contribution in [0.3, 0.4) is 0 Å². The molecule has 84 valence electrons. The van der Waals surface area contributed by atoms with E-state index in [1.165, 1.54) is 6.92 Å². The van der Waals surface area contributed by atoms with Gasteiger partial charge in [-0.2, -0.15) is 5.26 Å². The Labute approximate surface area is 80.1 Å². The molecule has 0 aromatic heterocycles. The molecular weight excluding hydrogens is 196 g/mol. The van der Waals surface area contributed by atoms with Crippen LogP contribution in [0.15, 0.2) is 0 Å². The van der Waals surface area contributed by atoms with Gasteiger partial charge in [-0.1, -0.05) is 6.92 Å². The standard InChI is InChI=1S/C7H14O7/c1-3(2-8)4(9)5(10)6(11)7(12)14-13/h3-6,8-11,13H,2H2,1H3/t3-,4-,5+,6+/m1/s1. The molecule has 5 N–H and O–H groups in total. The Kier molecular flexibility index (Phi) is 5.58. The summed E-state index contributed by atoms with van der Waals surface area (Å²) < 4.78 is 0. The Morgan fingerprint density at radius 2 is 1.79 bits per heavy atom. The molecule has 0 aliphatic carbocycles. The summed E-state index contributed by atoms with van der Waals surface area (Å²) in [5.41, 5.74) is 0. The fraction of sp³-hybridized carbons (Fsp3) is 0.857. The van der Waals surface area contributed by atoms with Crippen LogP contribution < -0.4 is 0 Å². The number of carbonyl (C=O) groups excluding carboxylic acids is 1. The lowest BCUT2D eigenvalue weighted by molar-refractivity contribution is -0.248. The van der Waals surface area contributed by atoms with Crippen LogP contribution in [0.5, 0.6) is 0 Å². The molecule has 7 nitrogen and oxygen atoms in total. The minimum absolute atomic E-state index is 0.418. The lowest BCUT2D eigenvalue weighted by atomic mass is 9.97. The molecule has 7 heteroatoms. The predicted molar refractivity (Wildman–Crippen MR) is 43.0 cm³/mol. The van der Waals surface area contributed by atoms with Crippen molar-refractivity contribution >= 4 is 5.97 Å². The average molecular weight is 210 g/mol. The number of carbonyl (C=O) groups is 1. The van der Waals surface area contributed by atoms with Crippen molar-refractivity contribution in [3.63, 3.8) is 0 Å². The van der Waals surface area contributed by atoms with Crippen LogP contribution in [0.1, 0.15) is 6.92 Å². The van der Waals surface area contributed by atoms with Crippen molar-refractivity contribution < 1.29 is 35.4 Å². The highest BCUT2D eigenvalue weighted by Gasteiger charge is 2.34. The molecule has 0 amide bonds. The van der Waals surface area contributed by atoms with Crippen LogP contribution >= 0.6 is 0 Å². The summed E-state index contributed by atoms with van der Waals surface area (Å²) in [7, 11) is 0. The molecule has 0 radical (unpaired) electrons. The van der Waals surface area contributed by atoms with E-state index in [4.69, 9.17) is 20.6 Å². The molecule has 0 aliphatic rings. The maximum atomic E-state index is 10.5. The molecule has 4 atom stereocenters. The highest BCUT2D eigenvalue weighted by atomic mass is 17.1. The van der Waals surface area contributed by atoms with Crippen molar-refractivity contribution in [2.45, 2.75) is 25.2 Å². The Hall–Kier alpha value is -0.730. The smallest absolute Gasteiger partial charge is 0.373 e. The second kappa shape index (κ2) is 5.89. The monoisotopic (exact) mass is 210 g/mol. The highest BCUT2D eigenvalue weighted by molar-refractivity contribution is 5.74. The molecule has 0 aromatic carbocycles. The third-order valence-electron chi connectivity index (χ3n) is 1.88. The maximum absolute atomic E-state index is 10.5. The largest absolute Gasteiger partial charge is 0.396 e. The van der Waals surface area contributed by atoms with Gasteiger partial charge in [-0.15, -0.1) is 0 Å². The van der Waals surface area contributed by atoms with E-state index < -0.39 is 36.8 Å². The molecule has 0 fully saturated rings. The number of aliphatic hydroxyl groups is 4. The van der Waals surface area contributed by atoms with Gasteiger partial charge in [-0.3, -0.25) is 4.89 Å². The molecule has 0 aliphatic heterocycles. The lowest BCUT2D eigenvalue weighted by Crippen LogP contribution is -2.46. The van der Waals surface area contributed by atoms with Crippen molar-refractivity contribution in [3.05, 3.63) is 0 Å². The van der Waals surface area contributed by atoms with Crippen molar-refractivity contribution in [3.8, 4) is 0 Å². The Bertz CT molecular complexity index is 183. The molecule has 0 heterocycles. The van der Waals surface area contributed by atoms with Gasteiger partial charge in [0.05, 0.1) is 6.10 Å². The zero-order valence-corrected chi connectivity index (χ0v) is 7.57. The third kappa shape index (κ3) is 3.20. The van der Waals surface area contributed by atoms with Crippen LogP contribution in [-0.4, -0.2) is 56.6 Å². The maximum Gasteiger partial charge on any atom is 0.373 e. The molecule has 0 unspecified atom stereocenters. The quantitative estimate of drug-likeness (QED) is 0.255. The first-order valence-electron chi connectivity index (χ1n) is 3.96. The summed E-state index contributed by atoms with van der Waals surface area (Å²) in [4.78, 5) is 13.7. The summed E-state index contributed by atoms with van der Waals surface area (Å²) >= 11 is 0. The van der Waals surface area contributed by atoms with Crippen LogP contribution in [0, 0.1) is 5.92 Å². The number of hydrogen-bond acceptors (Lipinski definition) is 7. The Morgan fingerprint density at radius 3 is 2.14 bits per heavy atom. The van der Waals surface area contributed by atoms with Gasteiger partial charge >= 0.3 is 5.97 Å². The van der Waals surface area contributed by atoms with Gasteiger partial charge in [-0.25, -0.2) is 4.79 Å². The van der Waals surface area contributed by atoms with Crippen LogP contribution in [0.2, 0.25) is 0 Å². The summed E-state index contributed by atoms with van der Waals surface area (Å²) in [6, 6.07) is 0. The molecule has 14 heavy (non-hydrogen) atoms. The summed E-state index contributed by atoms with van der Waals surface area (Å²) in [5, 5.41) is 43.9. The second-order valence-electron chi connectivity index (χ2n) is 3.00. The van der Waals surface area contributed by atoms with E-state index >= 15 is 0 Å². The van der Waals surface area contributed by atoms with E-state index in [1.807, 2.05) is 0 Å². The summed E-state index contributed by atoms with van der Waals surface area (Å²) in [5.74, 6) is -2.19. The molecule has 0 aromatic rings. The number of rotatable bonds is 5. The fourth-order valence-electron chi connectivity index (χ4n) is 0.825. The topological polar surface area (TPSA) is 127 Å². The van der Waals surface area contributed by atoms with Gasteiger partial charge in [0.1, 0.15) is 6.10 Å². The van der Waals surface area contributed by atoms with Crippen LogP contribution in [0.4, 0.5) is 0 Å². The van der Waals surface area contributed by atoms with E-state index in [0.717, 1.165) is 0 Å². The molecule has 0 saturated carbocycles. The average Bonchev–Trinajstić information content (AvgIpc) is 2.23. The zero-order valence-electron chi connectivity index (χ0n) is 7.57. The zero-order chi connectivity index (χ0) is 11.3. The first kappa shape index (κ1) is 13.3. The van der Waals surface area contributed by atoms with Gasteiger partial charge in [0, 0.05) is 12.5 Å². The van der Waals surface area contributed by atoms with E-state index in [1.54, 1.807) is 0 Å². The predicted octanol–water partition coefficient (Wildman–Crippen LogP) is -2.29. The van der Waals surface area contributed by atoms with Gasteiger partial charge < -0.3 is 20.4 Å². The van der Waals surface area contributed by atoms with E-state index in [-0.39, 0.29) is 0 Å². The van der Waals surface area contributed by atoms with Gasteiger partial charge in [0.25, 0.3) is 0 Å².